The quantitative estimate of drug-likeness (QED) is 0.574. The molecule has 3 rings (SSSR count). The zero-order valence-corrected chi connectivity index (χ0v) is 17.1. The smallest absolute Gasteiger partial charge is 0.256 e. The summed E-state index contributed by atoms with van der Waals surface area (Å²) < 4.78 is 1.63. The van der Waals surface area contributed by atoms with Gasteiger partial charge in [-0.15, -0.1) is 0 Å². The van der Waals surface area contributed by atoms with Gasteiger partial charge >= 0.3 is 0 Å². The summed E-state index contributed by atoms with van der Waals surface area (Å²) in [7, 11) is 0. The molecular formula is C20H18Cl3N3O. The van der Waals surface area contributed by atoms with Crippen molar-refractivity contribution in [3.63, 3.8) is 0 Å². The second-order valence-corrected chi connectivity index (χ2v) is 7.46. The molecule has 0 spiro atoms. The third-order valence-electron chi connectivity index (χ3n) is 4.24. The molecule has 27 heavy (non-hydrogen) atoms. The lowest BCUT2D eigenvalue weighted by atomic mass is 10.1. The Morgan fingerprint density at radius 3 is 2.52 bits per heavy atom. The summed E-state index contributed by atoms with van der Waals surface area (Å²) in [6, 6.07) is 14.7. The number of nitrogens with zero attached hydrogens (tertiary/aromatic N) is 2. The molecule has 1 N–H and O–H groups in total. The Morgan fingerprint density at radius 1 is 1.15 bits per heavy atom. The van der Waals surface area contributed by atoms with Gasteiger partial charge in [0.05, 0.1) is 23.8 Å². The summed E-state index contributed by atoms with van der Waals surface area (Å²) in [5, 5.41) is 8.69. The maximum atomic E-state index is 12.8. The van der Waals surface area contributed by atoms with Crippen molar-refractivity contribution >= 4 is 40.7 Å². The number of carbonyl (C=O) groups is 1. The van der Waals surface area contributed by atoms with Gasteiger partial charge in [-0.1, -0.05) is 71.2 Å². The summed E-state index contributed by atoms with van der Waals surface area (Å²) in [4.78, 5) is 12.8. The molecule has 0 aliphatic carbocycles. The lowest BCUT2D eigenvalue weighted by Gasteiger charge is -2.16. The molecule has 140 valence electrons. The first-order valence-corrected chi connectivity index (χ1v) is 9.53. The normalized spacial score (nSPS) is 12.0. The predicted octanol–water partition coefficient (Wildman–Crippen LogP) is 5.69. The van der Waals surface area contributed by atoms with Crippen molar-refractivity contribution in [2.75, 3.05) is 0 Å². The number of nitrogens with one attached hydrogen (secondary N) is 1. The van der Waals surface area contributed by atoms with Crippen molar-refractivity contribution < 1.29 is 4.79 Å². The summed E-state index contributed by atoms with van der Waals surface area (Å²) in [5.74, 6) is -0.296. The van der Waals surface area contributed by atoms with Crippen molar-refractivity contribution in [2.45, 2.75) is 26.4 Å². The van der Waals surface area contributed by atoms with Gasteiger partial charge in [-0.2, -0.15) is 5.10 Å². The fourth-order valence-electron chi connectivity index (χ4n) is 2.87. The standard InChI is InChI=1S/C20H18Cl3N3O/c1-12(16-9-8-15(21)10-17(16)22)24-20(27)18-13(2)25-26(19(18)23)11-14-6-4-3-5-7-14/h3-10,12H,11H2,1-2H3,(H,24,27). The van der Waals surface area contributed by atoms with Gasteiger partial charge in [0.25, 0.3) is 5.91 Å². The van der Waals surface area contributed by atoms with Crippen LogP contribution in [0, 0.1) is 6.92 Å². The van der Waals surface area contributed by atoms with Gasteiger partial charge in [0.15, 0.2) is 0 Å². The van der Waals surface area contributed by atoms with Gasteiger partial charge in [-0.05, 0) is 37.1 Å². The van der Waals surface area contributed by atoms with E-state index >= 15 is 0 Å². The molecule has 1 heterocycles. The Morgan fingerprint density at radius 2 is 1.85 bits per heavy atom. The highest BCUT2D eigenvalue weighted by molar-refractivity contribution is 6.35. The molecule has 0 aliphatic rings. The second-order valence-electron chi connectivity index (χ2n) is 6.26. The van der Waals surface area contributed by atoms with Crippen LogP contribution >= 0.6 is 34.8 Å². The zero-order chi connectivity index (χ0) is 19.6. The van der Waals surface area contributed by atoms with Crippen LogP contribution in [-0.4, -0.2) is 15.7 Å². The number of carbonyl (C=O) groups excluding carboxylic acids is 1. The topological polar surface area (TPSA) is 46.9 Å². The minimum Gasteiger partial charge on any atom is -0.345 e. The van der Waals surface area contributed by atoms with Crippen LogP contribution in [0.1, 0.15) is 40.1 Å². The highest BCUT2D eigenvalue weighted by Crippen LogP contribution is 2.27. The van der Waals surface area contributed by atoms with Crippen LogP contribution in [0.3, 0.4) is 0 Å². The SMILES string of the molecule is Cc1nn(Cc2ccccc2)c(Cl)c1C(=O)NC(C)c1ccc(Cl)cc1Cl. The molecule has 0 radical (unpaired) electrons. The van der Waals surface area contributed by atoms with E-state index in [-0.39, 0.29) is 11.9 Å². The van der Waals surface area contributed by atoms with Crippen LogP contribution < -0.4 is 5.32 Å². The first-order valence-electron chi connectivity index (χ1n) is 8.39. The van der Waals surface area contributed by atoms with Crippen molar-refractivity contribution in [2.24, 2.45) is 0 Å². The number of amides is 1. The highest BCUT2D eigenvalue weighted by Gasteiger charge is 2.22. The Balaban J connectivity index is 1.80. The predicted molar refractivity (Wildman–Crippen MR) is 110 cm³/mol. The van der Waals surface area contributed by atoms with E-state index in [1.807, 2.05) is 37.3 Å². The maximum Gasteiger partial charge on any atom is 0.256 e. The van der Waals surface area contributed by atoms with Crippen molar-refractivity contribution in [1.29, 1.82) is 0 Å². The minimum atomic E-state index is -0.310. The number of halogens is 3. The average Bonchev–Trinajstić information content (AvgIpc) is 2.89. The molecule has 0 bridgehead atoms. The van der Waals surface area contributed by atoms with Gasteiger partial charge in [0, 0.05) is 10.0 Å². The van der Waals surface area contributed by atoms with Crippen molar-refractivity contribution in [1.82, 2.24) is 15.1 Å². The van der Waals surface area contributed by atoms with E-state index in [1.54, 1.807) is 29.8 Å². The monoisotopic (exact) mass is 421 g/mol. The first-order chi connectivity index (χ1) is 12.9. The molecule has 4 nitrogen and oxygen atoms in total. The van der Waals surface area contributed by atoms with Crippen LogP contribution in [0.2, 0.25) is 15.2 Å². The molecule has 1 amide bonds. The van der Waals surface area contributed by atoms with Gasteiger partial charge in [-0.25, -0.2) is 4.68 Å². The molecule has 0 saturated carbocycles. The summed E-state index contributed by atoms with van der Waals surface area (Å²) in [6.07, 6.45) is 0. The van der Waals surface area contributed by atoms with Gasteiger partial charge in [0.2, 0.25) is 0 Å². The lowest BCUT2D eigenvalue weighted by Crippen LogP contribution is -2.27. The largest absolute Gasteiger partial charge is 0.345 e. The van der Waals surface area contributed by atoms with E-state index in [4.69, 9.17) is 34.8 Å². The molecule has 1 unspecified atom stereocenters. The Labute approximate surface area is 173 Å². The fraction of sp³-hybridized carbons (Fsp3) is 0.200. The van der Waals surface area contributed by atoms with Gasteiger partial charge in [0.1, 0.15) is 5.15 Å². The summed E-state index contributed by atoms with van der Waals surface area (Å²) in [5.41, 5.74) is 2.77. The van der Waals surface area contributed by atoms with E-state index in [0.717, 1.165) is 11.1 Å². The number of aryl methyl sites for hydroxylation is 1. The van der Waals surface area contributed by atoms with Crippen LogP contribution in [0.15, 0.2) is 48.5 Å². The van der Waals surface area contributed by atoms with Crippen LogP contribution in [-0.2, 0) is 6.54 Å². The molecule has 1 atom stereocenters. The average molecular weight is 423 g/mol. The van der Waals surface area contributed by atoms with Crippen LogP contribution in [0.4, 0.5) is 0 Å². The number of hydrogen-bond acceptors (Lipinski definition) is 2. The number of hydrogen-bond donors (Lipinski definition) is 1. The van der Waals surface area contributed by atoms with E-state index < -0.39 is 0 Å². The molecule has 0 aliphatic heterocycles. The van der Waals surface area contributed by atoms with Gasteiger partial charge in [-0.3, -0.25) is 4.79 Å². The molecule has 1 aromatic heterocycles. The van der Waals surface area contributed by atoms with E-state index in [1.165, 1.54) is 0 Å². The third-order valence-corrected chi connectivity index (χ3v) is 5.19. The number of rotatable bonds is 5. The van der Waals surface area contributed by atoms with Crippen molar-refractivity contribution in [3.8, 4) is 0 Å². The molecule has 3 aromatic rings. The fourth-order valence-corrected chi connectivity index (χ4v) is 3.76. The van der Waals surface area contributed by atoms with Crippen LogP contribution in [0.25, 0.3) is 0 Å². The van der Waals surface area contributed by atoms with Gasteiger partial charge < -0.3 is 5.32 Å². The van der Waals surface area contributed by atoms with Crippen LogP contribution in [0.5, 0.6) is 0 Å². The third kappa shape index (κ3) is 4.46. The molecule has 0 fully saturated rings. The number of aromatic nitrogens is 2. The Kier molecular flexibility index (Phi) is 6.10. The molecular weight excluding hydrogens is 405 g/mol. The number of benzene rings is 2. The summed E-state index contributed by atoms with van der Waals surface area (Å²) in [6.45, 7) is 4.11. The lowest BCUT2D eigenvalue weighted by molar-refractivity contribution is 0.0939. The maximum absolute atomic E-state index is 12.8. The Hall–Kier alpha value is -2.01. The molecule has 2 aromatic carbocycles. The van der Waals surface area contributed by atoms with E-state index in [9.17, 15) is 4.79 Å². The highest BCUT2D eigenvalue weighted by atomic mass is 35.5. The second kappa shape index (κ2) is 8.34. The first kappa shape index (κ1) is 19.7. The van der Waals surface area contributed by atoms with E-state index in [2.05, 4.69) is 10.4 Å². The molecule has 0 saturated heterocycles. The zero-order valence-electron chi connectivity index (χ0n) is 14.8. The Bertz CT molecular complexity index is 970. The minimum absolute atomic E-state index is 0.296. The summed E-state index contributed by atoms with van der Waals surface area (Å²) >= 11 is 18.6. The van der Waals surface area contributed by atoms with Crippen molar-refractivity contribution in [3.05, 3.63) is 86.1 Å². The van der Waals surface area contributed by atoms with E-state index in [0.29, 0.717) is 33.0 Å². The molecule has 7 heteroatoms.